The first kappa shape index (κ1) is 17.7. The maximum Gasteiger partial charge on any atom is 0.313 e. The maximum absolute atomic E-state index is 13.4. The number of benzene rings is 2. The second-order valence-electron chi connectivity index (χ2n) is 5.21. The first-order valence-electron chi connectivity index (χ1n) is 7.30. The van der Waals surface area contributed by atoms with Crippen LogP contribution >= 0.6 is 0 Å². The van der Waals surface area contributed by atoms with E-state index in [1.54, 1.807) is 0 Å². The third kappa shape index (κ3) is 5.22. The second-order valence-corrected chi connectivity index (χ2v) is 5.21. The van der Waals surface area contributed by atoms with E-state index in [0.717, 1.165) is 5.56 Å². The number of hydrogen-bond donors (Lipinski definition) is 0. The number of carbonyl (C=O) groups excluding carboxylic acids is 2. The maximum atomic E-state index is 13.4. The Labute approximate surface area is 137 Å². The molecular formula is C18H15F3O3. The van der Waals surface area contributed by atoms with E-state index in [1.807, 2.05) is 30.3 Å². The molecule has 0 heterocycles. The molecule has 0 spiro atoms. The summed E-state index contributed by atoms with van der Waals surface area (Å²) in [6.45, 7) is 0.121. The summed E-state index contributed by atoms with van der Waals surface area (Å²) < 4.78 is 44.3. The van der Waals surface area contributed by atoms with E-state index in [-0.39, 0.29) is 12.2 Å². The first-order valence-corrected chi connectivity index (χ1v) is 7.30. The average Bonchev–Trinajstić information content (AvgIpc) is 2.53. The molecule has 0 aliphatic heterocycles. The van der Waals surface area contributed by atoms with Gasteiger partial charge in [-0.3, -0.25) is 9.59 Å². The molecule has 3 nitrogen and oxygen atoms in total. The quantitative estimate of drug-likeness (QED) is 0.442. The molecule has 0 radical (unpaired) electrons. The third-order valence-corrected chi connectivity index (χ3v) is 3.32. The predicted octanol–water partition coefficient (Wildman–Crippen LogP) is 3.39. The van der Waals surface area contributed by atoms with Crippen LogP contribution in [0.2, 0.25) is 0 Å². The number of carbonyl (C=O) groups is 2. The second kappa shape index (κ2) is 8.29. The van der Waals surface area contributed by atoms with Crippen molar-refractivity contribution in [3.05, 3.63) is 71.0 Å². The molecule has 0 aromatic heterocycles. The summed E-state index contributed by atoms with van der Waals surface area (Å²) in [6, 6.07) is 10.3. The minimum Gasteiger partial charge on any atom is -0.465 e. The number of rotatable bonds is 7. The van der Waals surface area contributed by atoms with Gasteiger partial charge in [0.1, 0.15) is 18.0 Å². The molecule has 6 heteroatoms. The van der Waals surface area contributed by atoms with E-state index >= 15 is 0 Å². The highest BCUT2D eigenvalue weighted by atomic mass is 19.2. The lowest BCUT2D eigenvalue weighted by Crippen LogP contribution is -2.15. The molecule has 0 N–H and O–H groups in total. The van der Waals surface area contributed by atoms with E-state index in [4.69, 9.17) is 4.74 Å². The molecule has 0 aliphatic carbocycles. The monoisotopic (exact) mass is 336 g/mol. The molecule has 0 saturated heterocycles. The molecule has 0 unspecified atom stereocenters. The van der Waals surface area contributed by atoms with Gasteiger partial charge in [0.2, 0.25) is 0 Å². The van der Waals surface area contributed by atoms with Crippen LogP contribution in [0.1, 0.15) is 17.5 Å². The fraction of sp³-hybridized carbons (Fsp3) is 0.222. The number of Topliss-reactive ketones (excluding diaryl/α,β-unsaturated/α-hetero) is 1. The van der Waals surface area contributed by atoms with Crippen molar-refractivity contribution in [2.75, 3.05) is 6.61 Å². The Morgan fingerprint density at radius 1 is 0.917 bits per heavy atom. The van der Waals surface area contributed by atoms with Gasteiger partial charge in [0.05, 0.1) is 6.61 Å². The summed E-state index contributed by atoms with van der Waals surface area (Å²) in [5, 5.41) is 0. The Balaban J connectivity index is 1.79. The number of ketones is 1. The van der Waals surface area contributed by atoms with Crippen LogP contribution in [-0.2, 0) is 27.2 Å². The van der Waals surface area contributed by atoms with Crippen LogP contribution in [0.15, 0.2) is 42.5 Å². The Morgan fingerprint density at radius 3 is 2.29 bits per heavy atom. The lowest BCUT2D eigenvalue weighted by atomic mass is 10.1. The zero-order valence-electron chi connectivity index (χ0n) is 12.7. The smallest absolute Gasteiger partial charge is 0.313 e. The van der Waals surface area contributed by atoms with Gasteiger partial charge in [-0.15, -0.1) is 0 Å². The molecule has 0 amide bonds. The van der Waals surface area contributed by atoms with Crippen LogP contribution in [0, 0.1) is 17.5 Å². The van der Waals surface area contributed by atoms with Crippen LogP contribution < -0.4 is 0 Å². The van der Waals surface area contributed by atoms with Crippen molar-refractivity contribution in [1.29, 1.82) is 0 Å². The van der Waals surface area contributed by atoms with Crippen molar-refractivity contribution < 1.29 is 27.5 Å². The fourth-order valence-corrected chi connectivity index (χ4v) is 2.11. The van der Waals surface area contributed by atoms with Crippen molar-refractivity contribution in [2.24, 2.45) is 0 Å². The summed E-state index contributed by atoms with van der Waals surface area (Å²) in [5.41, 5.74) is 0.691. The fourth-order valence-electron chi connectivity index (χ4n) is 2.11. The Bertz CT molecular complexity index is 730. The van der Waals surface area contributed by atoms with E-state index in [2.05, 4.69) is 0 Å². The molecule has 2 rings (SSSR count). The average molecular weight is 336 g/mol. The summed E-state index contributed by atoms with van der Waals surface area (Å²) in [5.74, 6) is -4.98. The lowest BCUT2D eigenvalue weighted by Gasteiger charge is -2.06. The molecule has 2 aromatic carbocycles. The first-order chi connectivity index (χ1) is 11.5. The number of halogens is 3. The summed E-state index contributed by atoms with van der Waals surface area (Å²) in [6.07, 6.45) is -0.539. The number of ether oxygens (including phenoxy) is 1. The highest BCUT2D eigenvalue weighted by Gasteiger charge is 2.16. The van der Waals surface area contributed by atoms with Crippen LogP contribution in [-0.4, -0.2) is 18.4 Å². The van der Waals surface area contributed by atoms with Crippen molar-refractivity contribution in [2.45, 2.75) is 19.3 Å². The zero-order chi connectivity index (χ0) is 17.5. The van der Waals surface area contributed by atoms with Gasteiger partial charge in [0.15, 0.2) is 11.6 Å². The zero-order valence-corrected chi connectivity index (χ0v) is 12.7. The summed E-state index contributed by atoms with van der Waals surface area (Å²) in [4.78, 5) is 23.3. The van der Waals surface area contributed by atoms with E-state index in [9.17, 15) is 22.8 Å². The molecule has 0 saturated carbocycles. The highest BCUT2D eigenvalue weighted by Crippen LogP contribution is 2.15. The molecule has 0 aliphatic rings. The minimum absolute atomic E-state index is 0.121. The summed E-state index contributed by atoms with van der Waals surface area (Å²) in [7, 11) is 0. The van der Waals surface area contributed by atoms with Gasteiger partial charge in [-0.1, -0.05) is 30.3 Å². The molecular weight excluding hydrogens is 321 g/mol. The van der Waals surface area contributed by atoms with E-state index < -0.39 is 42.0 Å². The van der Waals surface area contributed by atoms with Crippen molar-refractivity contribution in [1.82, 2.24) is 0 Å². The van der Waals surface area contributed by atoms with Crippen LogP contribution in [0.4, 0.5) is 13.2 Å². The van der Waals surface area contributed by atoms with Gasteiger partial charge in [-0.2, -0.15) is 0 Å². The Morgan fingerprint density at radius 2 is 1.58 bits per heavy atom. The normalized spacial score (nSPS) is 10.5. The number of hydrogen-bond acceptors (Lipinski definition) is 3. The predicted molar refractivity (Wildman–Crippen MR) is 80.7 cm³/mol. The van der Waals surface area contributed by atoms with Crippen LogP contribution in [0.3, 0.4) is 0 Å². The Hall–Kier alpha value is -2.63. The molecule has 24 heavy (non-hydrogen) atoms. The van der Waals surface area contributed by atoms with E-state index in [1.165, 1.54) is 0 Å². The van der Waals surface area contributed by atoms with E-state index in [0.29, 0.717) is 18.6 Å². The molecule has 2 aromatic rings. The highest BCUT2D eigenvalue weighted by molar-refractivity contribution is 5.96. The van der Waals surface area contributed by atoms with Crippen molar-refractivity contribution >= 4 is 11.8 Å². The largest absolute Gasteiger partial charge is 0.465 e. The lowest BCUT2D eigenvalue weighted by molar-refractivity contribution is -0.145. The van der Waals surface area contributed by atoms with Gasteiger partial charge in [-0.25, -0.2) is 13.2 Å². The molecule has 0 fully saturated rings. The molecule has 126 valence electrons. The van der Waals surface area contributed by atoms with Gasteiger partial charge < -0.3 is 4.74 Å². The molecule has 0 bridgehead atoms. The summed E-state index contributed by atoms with van der Waals surface area (Å²) >= 11 is 0. The molecule has 0 atom stereocenters. The SMILES string of the molecule is O=C(CC(=O)OCCc1ccccc1)Cc1cc(F)c(F)cc1F. The van der Waals surface area contributed by atoms with Gasteiger partial charge in [0, 0.05) is 18.9 Å². The Kier molecular flexibility index (Phi) is 6.12. The van der Waals surface area contributed by atoms with Crippen molar-refractivity contribution in [3.63, 3.8) is 0 Å². The minimum atomic E-state index is -1.33. The van der Waals surface area contributed by atoms with Crippen LogP contribution in [0.5, 0.6) is 0 Å². The van der Waals surface area contributed by atoms with Gasteiger partial charge in [-0.05, 0) is 17.2 Å². The van der Waals surface area contributed by atoms with Gasteiger partial charge in [0.25, 0.3) is 0 Å². The number of esters is 1. The van der Waals surface area contributed by atoms with Crippen LogP contribution in [0.25, 0.3) is 0 Å². The standard InChI is InChI=1S/C18H15F3O3/c19-15-11-17(21)16(20)9-13(15)8-14(22)10-18(23)24-7-6-12-4-2-1-3-5-12/h1-5,9,11H,6-8,10H2. The topological polar surface area (TPSA) is 43.4 Å². The van der Waals surface area contributed by atoms with Gasteiger partial charge >= 0.3 is 5.97 Å². The van der Waals surface area contributed by atoms with Crippen molar-refractivity contribution in [3.8, 4) is 0 Å². The third-order valence-electron chi connectivity index (χ3n) is 3.32.